The zero-order chi connectivity index (χ0) is 80.9. The molecule has 100 heavy (non-hydrogen) atoms. The number of hydrogen-bond acceptors (Lipinski definition) is 21. The van der Waals surface area contributed by atoms with E-state index >= 15 is 0 Å². The molecule has 7 rings (SSSR count). The molecule has 0 atom stereocenters. The fourth-order valence-electron chi connectivity index (χ4n) is 4.58. The first kappa shape index (κ1) is 125. The molecule has 0 fully saturated rings. The Labute approximate surface area is 668 Å². The van der Waals surface area contributed by atoms with Crippen molar-refractivity contribution in [1.82, 2.24) is 0 Å². The quantitative estimate of drug-likeness (QED) is 0.0330. The number of halogens is 4. The third kappa shape index (κ3) is 104. The number of methoxy groups -OCH3 is 14. The number of rotatable bonds is 8. The molecule has 0 aliphatic rings. The van der Waals surface area contributed by atoms with Gasteiger partial charge in [0.1, 0.15) is 50.5 Å². The van der Waals surface area contributed by atoms with Crippen molar-refractivity contribution in [1.29, 1.82) is 0 Å². The molecule has 7 aromatic rings. The number of allylic oxidation sites excluding steroid dienone is 2. The second-order valence-electron chi connectivity index (χ2n) is 15.8. The maximum absolute atomic E-state index is 5.60. The normalized spacial score (nSPS) is 7.68. The van der Waals surface area contributed by atoms with Gasteiger partial charge in [0.05, 0.1) is 56.9 Å². The summed E-state index contributed by atoms with van der Waals surface area (Å²) < 4.78 is 66.0. The van der Waals surface area contributed by atoms with Gasteiger partial charge in [0.15, 0.2) is 0 Å². The number of anilines is 2. The van der Waals surface area contributed by atoms with E-state index in [-0.39, 0.29) is 0 Å². The number of hydrogen-bond donors (Lipinski definition) is 7. The van der Waals surface area contributed by atoms with Crippen LogP contribution in [0.3, 0.4) is 0 Å². The average Bonchev–Trinajstić information content (AvgIpc) is 0.905. The number of ether oxygens (including phenoxy) is 14. The van der Waals surface area contributed by atoms with Gasteiger partial charge in [-0.25, -0.2) is 0 Å². The summed E-state index contributed by atoms with van der Waals surface area (Å²) >= 11 is 32.8. The second kappa shape index (κ2) is 113. The highest BCUT2D eigenvalue weighted by Crippen LogP contribution is 2.36. The number of alkyl halides is 3. The number of nitrogens with two attached hydrogens (primary N) is 2. The third-order valence-corrected chi connectivity index (χ3v) is 10.0. The Hall–Kier alpha value is -4.81. The average molecular weight is 1760 g/mol. The Morgan fingerprint density at radius 2 is 0.440 bits per heavy atom. The smallest absolute Gasteiger partial charge is 0.138 e. The van der Waals surface area contributed by atoms with Crippen LogP contribution in [0.4, 0.5) is 11.4 Å². The summed E-state index contributed by atoms with van der Waals surface area (Å²) in [5.74, 6) is 11.8. The highest BCUT2D eigenvalue weighted by molar-refractivity contribution is 9.10. The summed E-state index contributed by atoms with van der Waals surface area (Å²) in [5, 5.41) is 0. The summed E-state index contributed by atoms with van der Waals surface area (Å²) in [4.78, 5) is 4.63. The van der Waals surface area contributed by atoms with Gasteiger partial charge < -0.3 is 77.8 Å². The second-order valence-corrected chi connectivity index (χ2v) is 19.2. The maximum atomic E-state index is 5.60. The van der Waals surface area contributed by atoms with Crippen LogP contribution in [0, 0.1) is 0 Å². The van der Waals surface area contributed by atoms with Gasteiger partial charge in [0.25, 0.3) is 0 Å². The molecule has 0 bridgehead atoms. The standard InChI is InChI=1S/C8H10BrNO2.C7H9NO.5C7H8OS.2C3H6.6C2H6O.C2H6.C2H4.3CH3Br/c1-11-6-3-5(10)4-7(12-2)8(6)9;1-9-7-4-2-3-6(8)5-7;5*1-8-6-3-2-4-7(9)5-6;8*1-3-2;5*1-2/h3-4H,10H2,1-2H3;2-5H,8H2,1H3;5*2-5,9H,1H3;2*3H,1H2,2H3;6*1-2H3;1-2H3;1-2H2;3*1H3. The van der Waals surface area contributed by atoms with Gasteiger partial charge in [-0.1, -0.05) is 110 Å². The number of nitrogen functional groups attached to an aromatic ring is 2. The van der Waals surface area contributed by atoms with E-state index in [1.165, 1.54) is 0 Å². The molecule has 0 saturated heterocycles. The van der Waals surface area contributed by atoms with Crippen LogP contribution < -0.4 is 49.4 Å². The molecular weight excluding hydrogens is 1630 g/mol. The Morgan fingerprint density at radius 1 is 0.290 bits per heavy atom. The highest BCUT2D eigenvalue weighted by Gasteiger charge is 2.07. The van der Waals surface area contributed by atoms with Crippen molar-refractivity contribution >= 4 is 138 Å². The van der Waals surface area contributed by atoms with Crippen molar-refractivity contribution in [2.24, 2.45) is 0 Å². The molecule has 0 saturated carbocycles. The predicted molar refractivity (Wildman–Crippen MR) is 467 cm³/mol. The molecule has 0 radical (unpaired) electrons. The van der Waals surface area contributed by atoms with E-state index in [9.17, 15) is 0 Å². The van der Waals surface area contributed by atoms with E-state index in [2.05, 4.69) is 182 Å². The molecule has 7 aromatic carbocycles. The van der Waals surface area contributed by atoms with E-state index in [1.807, 2.05) is 185 Å². The number of thiol groups is 5. The molecule has 0 aliphatic carbocycles. The van der Waals surface area contributed by atoms with E-state index < -0.39 is 0 Å². The van der Waals surface area contributed by atoms with Crippen molar-refractivity contribution in [2.45, 2.75) is 52.2 Å². The fraction of sp³-hybridized carbons (Fsp3) is 0.360. The topological polar surface area (TPSA) is 181 Å². The van der Waals surface area contributed by atoms with Gasteiger partial charge in [-0.2, -0.15) is 0 Å². The molecule has 0 amide bonds. The van der Waals surface area contributed by atoms with Crippen LogP contribution >= 0.6 is 127 Å². The van der Waals surface area contributed by atoms with Crippen molar-refractivity contribution in [2.75, 3.05) is 171 Å². The molecule has 4 N–H and O–H groups in total. The van der Waals surface area contributed by atoms with Crippen LogP contribution in [-0.4, -0.2) is 160 Å². The maximum Gasteiger partial charge on any atom is 0.138 e. The Kier molecular flexibility index (Phi) is 141. The van der Waals surface area contributed by atoms with E-state index in [0.29, 0.717) is 17.2 Å². The van der Waals surface area contributed by atoms with Crippen LogP contribution in [0.1, 0.15) is 27.7 Å². The largest absolute Gasteiger partial charge is 0.497 e. The summed E-state index contributed by atoms with van der Waals surface area (Å²) in [5.41, 5.74) is 12.4. The lowest BCUT2D eigenvalue weighted by Gasteiger charge is -2.08. The lowest BCUT2D eigenvalue weighted by molar-refractivity contribution is 0.277. The molecule has 16 nitrogen and oxygen atoms in total. The summed E-state index contributed by atoms with van der Waals surface area (Å²) in [6.45, 7) is 20.5. The Bertz CT molecular complexity index is 2290. The zero-order valence-electron chi connectivity index (χ0n) is 64.6. The van der Waals surface area contributed by atoms with Crippen molar-refractivity contribution in [3.63, 3.8) is 0 Å². The minimum atomic E-state index is 0.618. The van der Waals surface area contributed by atoms with Crippen LogP contribution in [-0.2, 0) is 28.4 Å². The first-order valence-corrected chi connectivity index (χ1v) is 36.7. The van der Waals surface area contributed by atoms with Gasteiger partial charge in [-0.15, -0.1) is 89.5 Å². The highest BCUT2D eigenvalue weighted by atomic mass is 79.9. The first-order valence-electron chi connectivity index (χ1n) is 28.9. The molecule has 0 heterocycles. The van der Waals surface area contributed by atoms with Gasteiger partial charge >= 0.3 is 0 Å². The zero-order valence-corrected chi connectivity index (χ0v) is 75.4. The van der Waals surface area contributed by atoms with E-state index in [1.54, 1.807) is 173 Å². The van der Waals surface area contributed by atoms with Crippen LogP contribution in [0.15, 0.2) is 225 Å². The SMILES string of the molecule is C=C.C=CC.C=CC.CBr.CBr.CBr.CC.COC.COC.COC.COC.COC.COC.COc1cc(N)cc(OC)c1Br.COc1cccc(N)c1.COc1cccc(S)c1.COc1cccc(S)c1.COc1cccc(S)c1.COc1cccc(S)c1.COc1cccc(S)c1. The molecule has 578 valence electrons. The lowest BCUT2D eigenvalue weighted by Crippen LogP contribution is -1.93. The summed E-state index contributed by atoms with van der Waals surface area (Å²) in [6, 6.07) is 48.6. The Balaban J connectivity index is -0.0000000748. The molecule has 0 spiro atoms. The molecule has 0 aromatic heterocycles. The third-order valence-electron chi connectivity index (χ3n) is 7.83. The van der Waals surface area contributed by atoms with Crippen molar-refractivity contribution in [3.8, 4) is 46.0 Å². The van der Waals surface area contributed by atoms with E-state index in [0.717, 1.165) is 69.1 Å². The molecular formula is C75H126Br4N2O14S5. The predicted octanol–water partition coefficient (Wildman–Crippen LogP) is 22.1. The van der Waals surface area contributed by atoms with Gasteiger partial charge in [0, 0.05) is 139 Å². The van der Waals surface area contributed by atoms with Gasteiger partial charge in [-0.05, 0) is 150 Å². The van der Waals surface area contributed by atoms with Gasteiger partial charge in [-0.3, -0.25) is 0 Å². The van der Waals surface area contributed by atoms with Crippen LogP contribution in [0.2, 0.25) is 0 Å². The van der Waals surface area contributed by atoms with E-state index in [4.69, 9.17) is 49.4 Å². The van der Waals surface area contributed by atoms with Gasteiger partial charge in [0.2, 0.25) is 0 Å². The fourth-order valence-corrected chi connectivity index (χ4v) is 6.20. The lowest BCUT2D eigenvalue weighted by atomic mass is 10.3. The molecule has 25 heteroatoms. The number of benzene rings is 7. The van der Waals surface area contributed by atoms with Crippen molar-refractivity contribution < 1.29 is 66.3 Å². The minimum Gasteiger partial charge on any atom is -0.497 e. The minimum absolute atomic E-state index is 0.618. The van der Waals surface area contributed by atoms with Crippen LogP contribution in [0.5, 0.6) is 46.0 Å². The summed E-state index contributed by atoms with van der Waals surface area (Å²) in [7, 11) is 32.5. The molecule has 0 aliphatic heterocycles. The van der Waals surface area contributed by atoms with Crippen molar-refractivity contribution in [3.05, 3.63) is 201 Å². The van der Waals surface area contributed by atoms with Crippen LogP contribution in [0.25, 0.3) is 0 Å². The first-order chi connectivity index (χ1) is 48.0. The monoisotopic (exact) mass is 1750 g/mol. The summed E-state index contributed by atoms with van der Waals surface area (Å²) in [6.07, 6.45) is 3.50. The molecule has 0 unspecified atom stereocenters. The Morgan fingerprint density at radius 3 is 0.550 bits per heavy atom.